The zero-order valence-corrected chi connectivity index (χ0v) is 15.2. The van der Waals surface area contributed by atoms with E-state index in [1.807, 2.05) is 0 Å². The Labute approximate surface area is 145 Å². The van der Waals surface area contributed by atoms with Crippen molar-refractivity contribution in [3.05, 3.63) is 54.4 Å². The lowest BCUT2D eigenvalue weighted by molar-refractivity contribution is -0.951. The number of likely N-dealkylation sites (N-methyl/N-ethyl adjacent to an activating group) is 1. The van der Waals surface area contributed by atoms with Crippen LogP contribution in [-0.4, -0.2) is 49.7 Å². The topological polar surface area (TPSA) is 7.12 Å². The minimum Gasteiger partial charge on any atom is -0.321 e. The van der Waals surface area contributed by atoms with Gasteiger partial charge < -0.3 is 4.48 Å². The highest BCUT2D eigenvalue weighted by molar-refractivity contribution is 5.62. The Morgan fingerprint density at radius 2 is 1.67 bits per heavy atom. The number of hydrogen-bond donors (Lipinski definition) is 0. The van der Waals surface area contributed by atoms with Gasteiger partial charge >= 0.3 is 0 Å². The number of aryl methyl sites for hydroxylation is 1. The number of nitrogens with zero attached hydrogens (tertiary/aromatic N) is 3. The van der Waals surface area contributed by atoms with E-state index in [0.29, 0.717) is 6.04 Å². The van der Waals surface area contributed by atoms with Gasteiger partial charge in [-0.25, -0.2) is 4.57 Å². The van der Waals surface area contributed by atoms with Crippen molar-refractivity contribution >= 4 is 0 Å². The van der Waals surface area contributed by atoms with E-state index in [2.05, 4.69) is 79.4 Å². The lowest BCUT2D eigenvalue weighted by Gasteiger charge is -2.45. The van der Waals surface area contributed by atoms with Gasteiger partial charge in [-0.15, -0.1) is 0 Å². The van der Waals surface area contributed by atoms with Crippen LogP contribution in [0.25, 0.3) is 11.1 Å². The second kappa shape index (κ2) is 5.98. The molecule has 4 heterocycles. The van der Waals surface area contributed by atoms with E-state index in [1.165, 1.54) is 53.8 Å². The molecule has 2 bridgehead atoms. The monoisotopic (exact) mass is 323 g/mol. The number of benzene rings is 1. The minimum atomic E-state index is 0.520. The fourth-order valence-electron chi connectivity index (χ4n) is 4.63. The molecule has 1 atom stereocenters. The predicted molar refractivity (Wildman–Crippen MR) is 97.3 cm³/mol. The van der Waals surface area contributed by atoms with Gasteiger partial charge in [0.2, 0.25) is 0 Å². The highest BCUT2D eigenvalue weighted by Gasteiger charge is 2.51. The maximum absolute atomic E-state index is 2.40. The summed E-state index contributed by atoms with van der Waals surface area (Å²) in [4.78, 5) is 2.40. The maximum atomic E-state index is 2.40. The number of fused-ring (bicyclic) bond motifs is 1. The maximum Gasteiger partial charge on any atom is 0.169 e. The molecule has 0 amide bonds. The third-order valence-corrected chi connectivity index (χ3v) is 6.09. The van der Waals surface area contributed by atoms with Gasteiger partial charge in [-0.2, -0.15) is 0 Å². The van der Waals surface area contributed by atoms with Crippen LogP contribution in [0.15, 0.2) is 48.8 Å². The molecule has 0 aliphatic carbocycles. The van der Waals surface area contributed by atoms with Gasteiger partial charge in [-0.1, -0.05) is 24.3 Å². The Hall–Kier alpha value is -1.71. The SMILES string of the molecule is CN(C)C(C[N+]12CCC(C1)C2)c1ccc(-c2cc[n+](C)cc2)cc1. The van der Waals surface area contributed by atoms with Crippen LogP contribution in [-0.2, 0) is 7.05 Å². The lowest BCUT2D eigenvalue weighted by atomic mass is 9.97. The molecule has 3 fully saturated rings. The molecular weight excluding hydrogens is 294 g/mol. The van der Waals surface area contributed by atoms with Crippen molar-refractivity contribution in [1.82, 2.24) is 4.90 Å². The van der Waals surface area contributed by atoms with Gasteiger partial charge in [0.05, 0.1) is 38.1 Å². The quantitative estimate of drug-likeness (QED) is 0.606. The summed E-state index contributed by atoms with van der Waals surface area (Å²) >= 11 is 0. The fraction of sp³-hybridized carbons (Fsp3) is 0.476. The second-order valence-corrected chi connectivity index (χ2v) is 8.12. The van der Waals surface area contributed by atoms with Crippen molar-refractivity contribution in [2.45, 2.75) is 12.5 Å². The van der Waals surface area contributed by atoms with Gasteiger partial charge in [0.15, 0.2) is 12.4 Å². The summed E-state index contributed by atoms with van der Waals surface area (Å²) in [6.07, 6.45) is 5.66. The Morgan fingerprint density at radius 1 is 1.04 bits per heavy atom. The van der Waals surface area contributed by atoms with Crippen LogP contribution in [0.4, 0.5) is 0 Å². The first-order valence-corrected chi connectivity index (χ1v) is 9.12. The molecule has 5 rings (SSSR count). The molecule has 1 aromatic carbocycles. The largest absolute Gasteiger partial charge is 0.321 e. The standard InChI is InChI=1S/C21H29N3/c1-22(2)21(16-24-13-10-17(14-24)15-24)20-6-4-18(5-7-20)19-8-11-23(3)12-9-19/h4-9,11-12,17,21H,10,13-16H2,1-3H3/q+2. The summed E-state index contributed by atoms with van der Waals surface area (Å²) in [6, 6.07) is 14.1. The average molecular weight is 323 g/mol. The average Bonchev–Trinajstić information content (AvgIpc) is 3.14. The Balaban J connectivity index is 1.54. The summed E-state index contributed by atoms with van der Waals surface area (Å²) in [5.41, 5.74) is 4.04. The Bertz CT molecular complexity index is 691. The van der Waals surface area contributed by atoms with E-state index in [0.717, 1.165) is 5.92 Å². The molecule has 3 saturated heterocycles. The molecule has 2 aromatic rings. The smallest absolute Gasteiger partial charge is 0.169 e. The molecular formula is C21H29N3+2. The summed E-state index contributed by atoms with van der Waals surface area (Å²) in [6.45, 7) is 5.51. The van der Waals surface area contributed by atoms with Crippen LogP contribution in [0.1, 0.15) is 18.0 Å². The lowest BCUT2D eigenvalue weighted by Crippen LogP contribution is -2.58. The number of aromatic nitrogens is 1. The summed E-state index contributed by atoms with van der Waals surface area (Å²) in [5.74, 6) is 1.02. The summed E-state index contributed by atoms with van der Waals surface area (Å²) in [5, 5.41) is 0. The van der Waals surface area contributed by atoms with E-state index in [-0.39, 0.29) is 0 Å². The van der Waals surface area contributed by atoms with Crippen molar-refractivity contribution in [2.24, 2.45) is 13.0 Å². The van der Waals surface area contributed by atoms with Gasteiger partial charge in [0.1, 0.15) is 7.05 Å². The number of pyridine rings is 1. The van der Waals surface area contributed by atoms with Gasteiger partial charge in [-0.05, 0) is 30.8 Å². The first-order valence-electron chi connectivity index (χ1n) is 9.12. The number of quaternary nitrogens is 1. The zero-order chi connectivity index (χ0) is 16.7. The van der Waals surface area contributed by atoms with E-state index >= 15 is 0 Å². The van der Waals surface area contributed by atoms with Crippen LogP contribution >= 0.6 is 0 Å². The van der Waals surface area contributed by atoms with Crippen LogP contribution in [0.5, 0.6) is 0 Å². The van der Waals surface area contributed by atoms with Crippen LogP contribution in [0.2, 0.25) is 0 Å². The van der Waals surface area contributed by atoms with E-state index in [1.54, 1.807) is 0 Å². The summed E-state index contributed by atoms with van der Waals surface area (Å²) in [7, 11) is 6.50. The fourth-order valence-corrected chi connectivity index (χ4v) is 4.63. The predicted octanol–water partition coefficient (Wildman–Crippen LogP) is 2.63. The number of hydrogen-bond acceptors (Lipinski definition) is 1. The molecule has 1 unspecified atom stereocenters. The Morgan fingerprint density at radius 3 is 2.21 bits per heavy atom. The van der Waals surface area contributed by atoms with Crippen molar-refractivity contribution in [3.8, 4) is 11.1 Å². The van der Waals surface area contributed by atoms with Gasteiger partial charge in [0.25, 0.3) is 0 Å². The Kier molecular flexibility index (Phi) is 3.93. The zero-order valence-electron chi connectivity index (χ0n) is 15.2. The molecule has 1 aromatic heterocycles. The highest BCUT2D eigenvalue weighted by Crippen LogP contribution is 2.40. The normalized spacial score (nSPS) is 26.4. The van der Waals surface area contributed by atoms with Gasteiger partial charge in [-0.3, -0.25) is 4.90 Å². The van der Waals surface area contributed by atoms with Crippen molar-refractivity contribution < 1.29 is 9.05 Å². The van der Waals surface area contributed by atoms with Crippen molar-refractivity contribution in [3.63, 3.8) is 0 Å². The molecule has 0 N–H and O–H groups in total. The minimum absolute atomic E-state index is 0.520. The van der Waals surface area contributed by atoms with E-state index < -0.39 is 0 Å². The summed E-state index contributed by atoms with van der Waals surface area (Å²) < 4.78 is 3.43. The molecule has 0 saturated carbocycles. The van der Waals surface area contributed by atoms with E-state index in [9.17, 15) is 0 Å². The molecule has 3 heteroatoms. The molecule has 24 heavy (non-hydrogen) atoms. The highest BCUT2D eigenvalue weighted by atomic mass is 15.4. The van der Waals surface area contributed by atoms with Crippen LogP contribution in [0.3, 0.4) is 0 Å². The molecule has 0 spiro atoms. The molecule has 3 nitrogen and oxygen atoms in total. The first-order chi connectivity index (χ1) is 11.5. The van der Waals surface area contributed by atoms with Crippen molar-refractivity contribution in [1.29, 1.82) is 0 Å². The van der Waals surface area contributed by atoms with Crippen molar-refractivity contribution in [2.75, 3.05) is 40.3 Å². The van der Waals surface area contributed by atoms with E-state index in [4.69, 9.17) is 0 Å². The second-order valence-electron chi connectivity index (χ2n) is 8.12. The molecule has 3 aliphatic rings. The van der Waals surface area contributed by atoms with Gasteiger partial charge in [0, 0.05) is 18.6 Å². The molecule has 126 valence electrons. The molecule has 3 aliphatic heterocycles. The molecule has 0 radical (unpaired) electrons. The third kappa shape index (κ3) is 2.87. The van der Waals surface area contributed by atoms with Crippen LogP contribution in [0, 0.1) is 5.92 Å². The number of rotatable bonds is 5. The van der Waals surface area contributed by atoms with Crippen LogP contribution < -0.4 is 4.57 Å². The first kappa shape index (κ1) is 15.8. The third-order valence-electron chi connectivity index (χ3n) is 6.09.